The molecule has 15 heavy (non-hydrogen) atoms. The molecule has 0 atom stereocenters. The van der Waals surface area contributed by atoms with Gasteiger partial charge in [-0.25, -0.2) is 4.98 Å². The Hall–Kier alpha value is -2.16. The topological polar surface area (TPSA) is 43.1 Å². The number of hydrogen-bond donors (Lipinski definition) is 0. The van der Waals surface area contributed by atoms with Crippen LogP contribution in [0.15, 0.2) is 40.8 Å². The Morgan fingerprint density at radius 2 is 2.00 bits per heavy atom. The largest absolute Gasteiger partial charge is 0.433 e. The van der Waals surface area contributed by atoms with E-state index in [1.165, 1.54) is 0 Å². The minimum atomic E-state index is 0.126. The van der Waals surface area contributed by atoms with Crippen molar-refractivity contribution in [3.8, 4) is 0 Å². The molecule has 72 valence electrons. The van der Waals surface area contributed by atoms with Gasteiger partial charge in [-0.15, -0.1) is 0 Å². The molecule has 0 saturated carbocycles. The first-order valence-electron chi connectivity index (χ1n) is 4.62. The maximum atomic E-state index is 10.6. The number of oxazole rings is 1. The van der Waals surface area contributed by atoms with Crippen molar-refractivity contribution in [1.82, 2.24) is 4.98 Å². The van der Waals surface area contributed by atoms with Crippen LogP contribution in [0.3, 0.4) is 0 Å². The molecule has 0 bridgehead atoms. The minimum Gasteiger partial charge on any atom is -0.433 e. The molecule has 0 saturated heterocycles. The predicted molar refractivity (Wildman–Crippen MR) is 56.9 cm³/mol. The molecular weight excluding hydrogens is 190 g/mol. The first-order chi connectivity index (χ1) is 7.38. The lowest BCUT2D eigenvalue weighted by Crippen LogP contribution is -1.74. The van der Waals surface area contributed by atoms with Crippen molar-refractivity contribution < 1.29 is 9.21 Å². The first-order valence-corrected chi connectivity index (χ1v) is 4.62. The van der Waals surface area contributed by atoms with E-state index >= 15 is 0 Å². The number of rotatable bonds is 1. The fourth-order valence-corrected chi connectivity index (χ4v) is 1.72. The summed E-state index contributed by atoms with van der Waals surface area (Å²) < 4.78 is 5.35. The Kier molecular flexibility index (Phi) is 1.59. The van der Waals surface area contributed by atoms with E-state index in [1.807, 2.05) is 36.4 Å². The van der Waals surface area contributed by atoms with Crippen molar-refractivity contribution in [3.63, 3.8) is 0 Å². The fourth-order valence-electron chi connectivity index (χ4n) is 1.72. The monoisotopic (exact) mass is 197 g/mol. The lowest BCUT2D eigenvalue weighted by Gasteiger charge is -1.95. The van der Waals surface area contributed by atoms with Gasteiger partial charge in [0.15, 0.2) is 5.58 Å². The van der Waals surface area contributed by atoms with E-state index < -0.39 is 0 Å². The number of aromatic nitrogens is 1. The summed E-state index contributed by atoms with van der Waals surface area (Å²) >= 11 is 0. The standard InChI is InChI=1S/C12H7NO2/c14-7-11-13-10-6-5-8-3-1-2-4-9(8)12(10)15-11/h1-7H. The molecule has 1 heterocycles. The number of nitrogens with zero attached hydrogens (tertiary/aromatic N) is 1. The van der Waals surface area contributed by atoms with E-state index in [9.17, 15) is 4.79 Å². The number of hydrogen-bond acceptors (Lipinski definition) is 3. The van der Waals surface area contributed by atoms with Crippen molar-refractivity contribution in [3.05, 3.63) is 42.3 Å². The van der Waals surface area contributed by atoms with Crippen LogP contribution in [0.2, 0.25) is 0 Å². The van der Waals surface area contributed by atoms with E-state index in [0.29, 0.717) is 11.9 Å². The van der Waals surface area contributed by atoms with Gasteiger partial charge < -0.3 is 4.42 Å². The average molecular weight is 197 g/mol. The van der Waals surface area contributed by atoms with Gasteiger partial charge in [-0.1, -0.05) is 30.3 Å². The quantitative estimate of drug-likeness (QED) is 0.563. The normalized spacial score (nSPS) is 10.9. The molecule has 0 aliphatic heterocycles. The zero-order valence-electron chi connectivity index (χ0n) is 7.81. The van der Waals surface area contributed by atoms with E-state index in [1.54, 1.807) is 0 Å². The number of carbonyl (C=O) groups is 1. The second-order valence-electron chi connectivity index (χ2n) is 3.30. The molecule has 0 aliphatic rings. The molecule has 0 aliphatic carbocycles. The van der Waals surface area contributed by atoms with Gasteiger partial charge in [0.25, 0.3) is 5.89 Å². The summed E-state index contributed by atoms with van der Waals surface area (Å²) in [4.78, 5) is 14.6. The van der Waals surface area contributed by atoms with Gasteiger partial charge in [-0.2, -0.15) is 0 Å². The summed E-state index contributed by atoms with van der Waals surface area (Å²) in [5.41, 5.74) is 1.39. The summed E-state index contributed by atoms with van der Waals surface area (Å²) in [5, 5.41) is 2.06. The molecule has 3 aromatic rings. The maximum Gasteiger partial charge on any atom is 0.260 e. The Bertz CT molecular complexity index is 655. The van der Waals surface area contributed by atoms with Gasteiger partial charge in [0, 0.05) is 5.39 Å². The number of fused-ring (bicyclic) bond motifs is 3. The molecule has 0 unspecified atom stereocenters. The molecule has 0 spiro atoms. The number of carbonyl (C=O) groups excluding carboxylic acids is 1. The third-order valence-electron chi connectivity index (χ3n) is 2.40. The van der Waals surface area contributed by atoms with Crippen LogP contribution in [-0.2, 0) is 0 Å². The Morgan fingerprint density at radius 1 is 1.13 bits per heavy atom. The Labute approximate surface area is 85.3 Å². The summed E-state index contributed by atoms with van der Waals surface area (Å²) in [6.07, 6.45) is 0.620. The van der Waals surface area contributed by atoms with Crippen LogP contribution in [0.4, 0.5) is 0 Å². The van der Waals surface area contributed by atoms with E-state index in [2.05, 4.69) is 4.98 Å². The van der Waals surface area contributed by atoms with Crippen LogP contribution in [0.1, 0.15) is 10.7 Å². The zero-order chi connectivity index (χ0) is 10.3. The van der Waals surface area contributed by atoms with Gasteiger partial charge in [-0.3, -0.25) is 4.79 Å². The predicted octanol–water partition coefficient (Wildman–Crippen LogP) is 2.79. The Balaban J connectivity index is 2.52. The second kappa shape index (κ2) is 2.92. The van der Waals surface area contributed by atoms with Gasteiger partial charge in [0.2, 0.25) is 6.29 Å². The van der Waals surface area contributed by atoms with Crippen molar-refractivity contribution in [2.45, 2.75) is 0 Å². The van der Waals surface area contributed by atoms with Crippen molar-refractivity contribution in [1.29, 1.82) is 0 Å². The van der Waals surface area contributed by atoms with Crippen LogP contribution < -0.4 is 0 Å². The molecule has 2 aromatic carbocycles. The highest BCUT2D eigenvalue weighted by Gasteiger charge is 2.07. The minimum absolute atomic E-state index is 0.126. The molecular formula is C12H7NO2. The second-order valence-corrected chi connectivity index (χ2v) is 3.30. The van der Waals surface area contributed by atoms with Crippen LogP contribution in [0.5, 0.6) is 0 Å². The molecule has 3 rings (SSSR count). The summed E-state index contributed by atoms with van der Waals surface area (Å²) in [6, 6.07) is 11.7. The van der Waals surface area contributed by atoms with Crippen molar-refractivity contribution >= 4 is 28.2 Å². The highest BCUT2D eigenvalue weighted by atomic mass is 16.4. The van der Waals surface area contributed by atoms with E-state index in [-0.39, 0.29) is 5.89 Å². The molecule has 0 amide bonds. The smallest absolute Gasteiger partial charge is 0.260 e. The molecule has 1 aromatic heterocycles. The maximum absolute atomic E-state index is 10.6. The van der Waals surface area contributed by atoms with Gasteiger partial charge >= 0.3 is 0 Å². The summed E-state index contributed by atoms with van der Waals surface area (Å²) in [6.45, 7) is 0. The van der Waals surface area contributed by atoms with Crippen LogP contribution in [0, 0.1) is 0 Å². The van der Waals surface area contributed by atoms with Crippen molar-refractivity contribution in [2.75, 3.05) is 0 Å². The van der Waals surface area contributed by atoms with Crippen LogP contribution in [0.25, 0.3) is 21.9 Å². The van der Waals surface area contributed by atoms with Gasteiger partial charge in [-0.05, 0) is 11.5 Å². The fraction of sp³-hybridized carbons (Fsp3) is 0. The molecule has 0 N–H and O–H groups in total. The lowest BCUT2D eigenvalue weighted by atomic mass is 10.1. The van der Waals surface area contributed by atoms with Gasteiger partial charge in [0.1, 0.15) is 5.52 Å². The van der Waals surface area contributed by atoms with Crippen molar-refractivity contribution in [2.24, 2.45) is 0 Å². The molecule has 3 nitrogen and oxygen atoms in total. The summed E-state index contributed by atoms with van der Waals surface area (Å²) in [7, 11) is 0. The van der Waals surface area contributed by atoms with E-state index in [0.717, 1.165) is 16.3 Å². The van der Waals surface area contributed by atoms with Gasteiger partial charge in [0.05, 0.1) is 0 Å². The lowest BCUT2D eigenvalue weighted by molar-refractivity contribution is 0.109. The SMILES string of the molecule is O=Cc1nc2ccc3ccccc3c2o1. The third kappa shape index (κ3) is 1.13. The zero-order valence-corrected chi connectivity index (χ0v) is 7.81. The van der Waals surface area contributed by atoms with E-state index in [4.69, 9.17) is 4.42 Å². The van der Waals surface area contributed by atoms with Crippen LogP contribution >= 0.6 is 0 Å². The van der Waals surface area contributed by atoms with Crippen LogP contribution in [-0.4, -0.2) is 11.3 Å². The highest BCUT2D eigenvalue weighted by molar-refractivity contribution is 6.03. The third-order valence-corrected chi connectivity index (χ3v) is 2.40. The Morgan fingerprint density at radius 3 is 2.87 bits per heavy atom. The molecule has 0 fully saturated rings. The summed E-state index contributed by atoms with van der Waals surface area (Å²) in [5.74, 6) is 0.126. The number of benzene rings is 2. The first kappa shape index (κ1) is 8.17. The molecule has 0 radical (unpaired) electrons. The highest BCUT2D eigenvalue weighted by Crippen LogP contribution is 2.25. The molecule has 3 heteroatoms. The number of aldehydes is 1. The average Bonchev–Trinajstić information content (AvgIpc) is 2.72.